The molecule has 0 aliphatic heterocycles. The van der Waals surface area contributed by atoms with Gasteiger partial charge in [0, 0.05) is 12.6 Å². The molecule has 5 nitrogen and oxygen atoms in total. The van der Waals surface area contributed by atoms with Crippen molar-refractivity contribution in [2.75, 3.05) is 6.54 Å². The minimum Gasteiger partial charge on any atom is -0.491 e. The van der Waals surface area contributed by atoms with E-state index in [4.69, 9.17) is 10.5 Å². The number of sulfonamides is 1. The van der Waals surface area contributed by atoms with E-state index in [0.29, 0.717) is 18.7 Å². The highest BCUT2D eigenvalue weighted by Gasteiger charge is 2.15. The first-order chi connectivity index (χ1) is 9.22. The summed E-state index contributed by atoms with van der Waals surface area (Å²) in [5, 5.41) is 0. The summed E-state index contributed by atoms with van der Waals surface area (Å²) in [5.41, 5.74) is 6.40. The highest BCUT2D eigenvalue weighted by atomic mass is 35.5. The van der Waals surface area contributed by atoms with Gasteiger partial charge in [0.15, 0.2) is 0 Å². The first-order valence-electron chi connectivity index (χ1n) is 6.75. The van der Waals surface area contributed by atoms with Crippen molar-refractivity contribution in [1.82, 2.24) is 4.72 Å². The Bertz CT molecular complexity index is 545. The topological polar surface area (TPSA) is 81.4 Å². The summed E-state index contributed by atoms with van der Waals surface area (Å²) >= 11 is 0. The molecule has 0 saturated heterocycles. The van der Waals surface area contributed by atoms with Crippen molar-refractivity contribution >= 4 is 22.4 Å². The summed E-state index contributed by atoms with van der Waals surface area (Å²) in [6.45, 7) is 7.87. The van der Waals surface area contributed by atoms with Gasteiger partial charge in [0.05, 0.1) is 11.0 Å². The van der Waals surface area contributed by atoms with Gasteiger partial charge < -0.3 is 10.5 Å². The average molecular weight is 337 g/mol. The van der Waals surface area contributed by atoms with Gasteiger partial charge >= 0.3 is 0 Å². The third-order valence-corrected chi connectivity index (χ3v) is 4.17. The quantitative estimate of drug-likeness (QED) is 0.800. The van der Waals surface area contributed by atoms with Crippen LogP contribution in [-0.2, 0) is 10.0 Å². The number of nitrogens with two attached hydrogens (primary N) is 1. The molecule has 3 N–H and O–H groups in total. The van der Waals surface area contributed by atoms with Gasteiger partial charge in [-0.25, -0.2) is 13.1 Å². The molecule has 1 aromatic rings. The molecule has 1 rings (SSSR count). The number of aryl methyl sites for hydroxylation is 1. The smallest absolute Gasteiger partial charge is 0.240 e. The van der Waals surface area contributed by atoms with Gasteiger partial charge in [0.1, 0.15) is 5.75 Å². The standard InChI is InChI=1S/C14H24N2O3S.ClH/c1-10(2)19-14-6-5-13(9-11(14)3)20(17,18)16-8-7-12(4)15;/h5-6,9-10,12,16H,7-8,15H2,1-4H3;1H. The van der Waals surface area contributed by atoms with Crippen molar-refractivity contribution in [3.05, 3.63) is 23.8 Å². The van der Waals surface area contributed by atoms with E-state index >= 15 is 0 Å². The molecule has 0 heterocycles. The number of hydrogen-bond acceptors (Lipinski definition) is 4. The van der Waals surface area contributed by atoms with Crippen LogP contribution in [-0.4, -0.2) is 27.1 Å². The molecular formula is C14H25ClN2O3S. The zero-order valence-corrected chi connectivity index (χ0v) is 14.6. The Labute approximate surface area is 133 Å². The van der Waals surface area contributed by atoms with Crippen molar-refractivity contribution in [3.8, 4) is 5.75 Å². The summed E-state index contributed by atoms with van der Waals surface area (Å²) in [6.07, 6.45) is 0.660. The number of ether oxygens (including phenoxy) is 1. The summed E-state index contributed by atoms with van der Waals surface area (Å²) in [5.74, 6) is 0.703. The lowest BCUT2D eigenvalue weighted by molar-refractivity contribution is 0.240. The van der Waals surface area contributed by atoms with E-state index in [-0.39, 0.29) is 29.4 Å². The third kappa shape index (κ3) is 6.65. The van der Waals surface area contributed by atoms with Crippen molar-refractivity contribution in [3.63, 3.8) is 0 Å². The highest BCUT2D eigenvalue weighted by Crippen LogP contribution is 2.22. The van der Waals surface area contributed by atoms with Crippen molar-refractivity contribution < 1.29 is 13.2 Å². The molecule has 0 radical (unpaired) electrons. The molecule has 1 aromatic carbocycles. The molecule has 0 aromatic heterocycles. The molecule has 0 bridgehead atoms. The number of nitrogens with one attached hydrogen (secondary N) is 1. The minimum atomic E-state index is -3.48. The lowest BCUT2D eigenvalue weighted by atomic mass is 10.2. The van der Waals surface area contributed by atoms with Gasteiger partial charge in [-0.1, -0.05) is 0 Å². The van der Waals surface area contributed by atoms with E-state index in [2.05, 4.69) is 4.72 Å². The predicted molar refractivity (Wildman–Crippen MR) is 87.6 cm³/mol. The van der Waals surface area contributed by atoms with E-state index in [1.54, 1.807) is 18.2 Å². The van der Waals surface area contributed by atoms with Crippen LogP contribution in [0.4, 0.5) is 0 Å². The molecule has 1 unspecified atom stereocenters. The zero-order chi connectivity index (χ0) is 15.3. The van der Waals surface area contributed by atoms with Crippen LogP contribution in [0.1, 0.15) is 32.8 Å². The fraction of sp³-hybridized carbons (Fsp3) is 0.571. The first-order valence-corrected chi connectivity index (χ1v) is 8.23. The monoisotopic (exact) mass is 336 g/mol. The van der Waals surface area contributed by atoms with E-state index in [0.717, 1.165) is 5.56 Å². The van der Waals surface area contributed by atoms with Crippen LogP contribution in [0.5, 0.6) is 5.75 Å². The van der Waals surface area contributed by atoms with Crippen molar-refractivity contribution in [1.29, 1.82) is 0 Å². The second kappa shape index (κ2) is 8.58. The maximum atomic E-state index is 12.1. The average Bonchev–Trinajstić information content (AvgIpc) is 2.30. The van der Waals surface area contributed by atoms with Crippen molar-refractivity contribution in [2.24, 2.45) is 5.73 Å². The Hall–Kier alpha value is -0.820. The highest BCUT2D eigenvalue weighted by molar-refractivity contribution is 7.89. The van der Waals surface area contributed by atoms with Crippen LogP contribution < -0.4 is 15.2 Å². The third-order valence-electron chi connectivity index (χ3n) is 2.71. The number of benzene rings is 1. The Kier molecular flexibility index (Phi) is 8.25. The van der Waals surface area contributed by atoms with Crippen molar-refractivity contribution in [2.45, 2.75) is 51.2 Å². The summed E-state index contributed by atoms with van der Waals surface area (Å²) in [7, 11) is -3.48. The van der Waals surface area contributed by atoms with Crippen LogP contribution >= 0.6 is 12.4 Å². The van der Waals surface area contributed by atoms with Gasteiger partial charge in [-0.2, -0.15) is 0 Å². The van der Waals surface area contributed by atoms with Gasteiger partial charge in [-0.3, -0.25) is 0 Å². The minimum absolute atomic E-state index is 0. The maximum Gasteiger partial charge on any atom is 0.240 e. The second-order valence-corrected chi connectivity index (χ2v) is 7.02. The molecule has 0 saturated carbocycles. The molecule has 0 aliphatic carbocycles. The zero-order valence-electron chi connectivity index (χ0n) is 12.9. The van der Waals surface area contributed by atoms with Crippen LogP contribution in [0.15, 0.2) is 23.1 Å². The maximum absolute atomic E-state index is 12.1. The summed E-state index contributed by atoms with van der Waals surface area (Å²) in [6, 6.07) is 4.83. The molecule has 1 atom stereocenters. The van der Waals surface area contributed by atoms with Gasteiger partial charge in [-0.15, -0.1) is 12.4 Å². The molecule has 0 amide bonds. The van der Waals surface area contributed by atoms with Gasteiger partial charge in [-0.05, 0) is 57.9 Å². The van der Waals surface area contributed by atoms with Crippen LogP contribution in [0.2, 0.25) is 0 Å². The largest absolute Gasteiger partial charge is 0.491 e. The predicted octanol–water partition coefficient (Wildman–Crippen LogP) is 2.22. The Balaban J connectivity index is 0.00000400. The Morgan fingerprint density at radius 3 is 2.38 bits per heavy atom. The molecule has 21 heavy (non-hydrogen) atoms. The lowest BCUT2D eigenvalue weighted by Gasteiger charge is -2.14. The van der Waals surface area contributed by atoms with Crippen LogP contribution in [0.25, 0.3) is 0 Å². The molecule has 0 fully saturated rings. The van der Waals surface area contributed by atoms with E-state index in [9.17, 15) is 8.42 Å². The summed E-state index contributed by atoms with van der Waals surface area (Å²) in [4.78, 5) is 0.246. The SMILES string of the molecule is Cc1cc(S(=O)(=O)NCCC(C)N)ccc1OC(C)C.Cl. The molecular weight excluding hydrogens is 312 g/mol. The fourth-order valence-electron chi connectivity index (χ4n) is 1.68. The van der Waals surface area contributed by atoms with Gasteiger partial charge in [0.25, 0.3) is 0 Å². The van der Waals surface area contributed by atoms with E-state index in [1.165, 1.54) is 0 Å². The summed E-state index contributed by atoms with van der Waals surface area (Å²) < 4.78 is 32.4. The number of rotatable bonds is 7. The van der Waals surface area contributed by atoms with Gasteiger partial charge in [0.2, 0.25) is 10.0 Å². The van der Waals surface area contributed by atoms with Crippen LogP contribution in [0, 0.1) is 6.92 Å². The van der Waals surface area contributed by atoms with E-state index in [1.807, 2.05) is 27.7 Å². The fourth-order valence-corrected chi connectivity index (χ4v) is 2.81. The second-order valence-electron chi connectivity index (χ2n) is 5.26. The van der Waals surface area contributed by atoms with Crippen LogP contribution in [0.3, 0.4) is 0 Å². The first kappa shape index (κ1) is 20.2. The number of halogens is 1. The normalized spacial score (nSPS) is 12.9. The molecule has 0 spiro atoms. The Morgan fingerprint density at radius 2 is 1.90 bits per heavy atom. The molecule has 0 aliphatic rings. The van der Waals surface area contributed by atoms with E-state index < -0.39 is 10.0 Å². The lowest BCUT2D eigenvalue weighted by Crippen LogP contribution is -2.29. The number of hydrogen-bond donors (Lipinski definition) is 2. The Morgan fingerprint density at radius 1 is 1.29 bits per heavy atom. The molecule has 122 valence electrons. The molecule has 7 heteroatoms.